The van der Waals surface area contributed by atoms with Crippen molar-refractivity contribution < 1.29 is 8.94 Å². The first kappa shape index (κ1) is 16.1. The van der Waals surface area contributed by atoms with Crippen molar-refractivity contribution in [1.29, 1.82) is 0 Å². The van der Waals surface area contributed by atoms with E-state index in [2.05, 4.69) is 26.4 Å². The molecule has 1 N–H and O–H groups in total. The molecule has 1 aliphatic heterocycles. The number of piperidine rings is 1. The fraction of sp³-hybridized carbons (Fsp3) is 0.368. The Morgan fingerprint density at radius 1 is 1.08 bits per heavy atom. The third-order valence-electron chi connectivity index (χ3n) is 4.59. The molecule has 0 amide bonds. The molecule has 1 fully saturated rings. The number of likely N-dealkylation sites (tertiary alicyclic amines) is 1. The van der Waals surface area contributed by atoms with Gasteiger partial charge in [0.2, 0.25) is 5.76 Å². The second-order valence-electron chi connectivity index (χ2n) is 6.41. The normalized spacial score (nSPS) is 16.3. The summed E-state index contributed by atoms with van der Waals surface area (Å²) in [6, 6.07) is 12.3. The van der Waals surface area contributed by atoms with Crippen molar-refractivity contribution in [3.8, 4) is 11.5 Å². The molecular weight excluding hydrogens is 316 g/mol. The molecule has 130 valence electrons. The number of hydrogen-bond acceptors (Lipinski definition) is 6. The predicted octanol–water partition coefficient (Wildman–Crippen LogP) is 3.08. The molecule has 0 aromatic carbocycles. The van der Waals surface area contributed by atoms with Crippen LogP contribution in [0.1, 0.15) is 24.2 Å². The van der Waals surface area contributed by atoms with Crippen LogP contribution >= 0.6 is 0 Å². The zero-order valence-corrected chi connectivity index (χ0v) is 14.1. The Hall–Kier alpha value is -2.44. The van der Waals surface area contributed by atoms with Crippen LogP contribution in [0.4, 0.5) is 0 Å². The zero-order valence-electron chi connectivity index (χ0n) is 14.1. The van der Waals surface area contributed by atoms with Gasteiger partial charge in [-0.25, -0.2) is 0 Å². The lowest BCUT2D eigenvalue weighted by Gasteiger charge is -2.32. The van der Waals surface area contributed by atoms with Crippen LogP contribution in [0.15, 0.2) is 57.8 Å². The maximum absolute atomic E-state index is 5.33. The molecule has 0 aliphatic carbocycles. The summed E-state index contributed by atoms with van der Waals surface area (Å²) < 4.78 is 10.7. The molecule has 0 radical (unpaired) electrons. The smallest absolute Gasteiger partial charge is 0.202 e. The Labute approximate surface area is 146 Å². The lowest BCUT2D eigenvalue weighted by atomic mass is 10.0. The van der Waals surface area contributed by atoms with Crippen LogP contribution < -0.4 is 5.32 Å². The Bertz CT molecular complexity index is 762. The molecular formula is C19H22N4O2. The fourth-order valence-corrected chi connectivity index (χ4v) is 3.19. The molecule has 3 aromatic heterocycles. The van der Waals surface area contributed by atoms with Crippen LogP contribution in [-0.2, 0) is 13.1 Å². The van der Waals surface area contributed by atoms with Crippen molar-refractivity contribution in [2.75, 3.05) is 13.1 Å². The highest BCUT2D eigenvalue weighted by Gasteiger charge is 2.19. The lowest BCUT2D eigenvalue weighted by Crippen LogP contribution is -2.42. The Balaban J connectivity index is 1.23. The molecule has 6 nitrogen and oxygen atoms in total. The molecule has 0 bridgehead atoms. The highest BCUT2D eigenvalue weighted by molar-refractivity contribution is 5.49. The van der Waals surface area contributed by atoms with E-state index in [1.54, 1.807) is 6.26 Å². The minimum Gasteiger partial charge on any atom is -0.461 e. The number of pyridine rings is 1. The molecule has 0 atom stereocenters. The quantitative estimate of drug-likeness (QED) is 0.745. The zero-order chi connectivity index (χ0) is 16.9. The minimum absolute atomic E-state index is 0.517. The van der Waals surface area contributed by atoms with E-state index in [9.17, 15) is 0 Å². The van der Waals surface area contributed by atoms with Gasteiger partial charge in [0.25, 0.3) is 0 Å². The van der Waals surface area contributed by atoms with E-state index in [0.29, 0.717) is 17.6 Å². The van der Waals surface area contributed by atoms with Crippen molar-refractivity contribution in [3.05, 3.63) is 60.2 Å². The third kappa shape index (κ3) is 4.15. The molecule has 0 unspecified atom stereocenters. The van der Waals surface area contributed by atoms with Gasteiger partial charge in [0, 0.05) is 44.5 Å². The van der Waals surface area contributed by atoms with Gasteiger partial charge in [-0.2, -0.15) is 0 Å². The van der Waals surface area contributed by atoms with E-state index >= 15 is 0 Å². The number of aromatic nitrogens is 2. The number of furan rings is 1. The summed E-state index contributed by atoms with van der Waals surface area (Å²) >= 11 is 0. The van der Waals surface area contributed by atoms with Crippen LogP contribution in [-0.4, -0.2) is 34.2 Å². The maximum Gasteiger partial charge on any atom is 0.202 e. The van der Waals surface area contributed by atoms with E-state index < -0.39 is 0 Å². The highest BCUT2D eigenvalue weighted by Crippen LogP contribution is 2.21. The Morgan fingerprint density at radius 3 is 2.76 bits per heavy atom. The van der Waals surface area contributed by atoms with Gasteiger partial charge in [0.1, 0.15) is 0 Å². The van der Waals surface area contributed by atoms with E-state index in [4.69, 9.17) is 8.94 Å². The minimum atomic E-state index is 0.517. The summed E-state index contributed by atoms with van der Waals surface area (Å²) in [7, 11) is 0. The van der Waals surface area contributed by atoms with Crippen LogP contribution in [0.3, 0.4) is 0 Å². The Kier molecular flexibility index (Phi) is 4.90. The van der Waals surface area contributed by atoms with Crippen LogP contribution in [0.2, 0.25) is 0 Å². The van der Waals surface area contributed by atoms with Gasteiger partial charge in [-0.3, -0.25) is 9.88 Å². The van der Waals surface area contributed by atoms with Crippen molar-refractivity contribution in [1.82, 2.24) is 20.4 Å². The van der Waals surface area contributed by atoms with Gasteiger partial charge in [-0.1, -0.05) is 11.2 Å². The van der Waals surface area contributed by atoms with Gasteiger partial charge in [0.05, 0.1) is 17.7 Å². The topological polar surface area (TPSA) is 67.3 Å². The van der Waals surface area contributed by atoms with Gasteiger partial charge in [0.15, 0.2) is 5.76 Å². The monoisotopic (exact) mass is 338 g/mol. The van der Waals surface area contributed by atoms with Gasteiger partial charge in [-0.15, -0.1) is 0 Å². The van der Waals surface area contributed by atoms with Gasteiger partial charge in [-0.05, 0) is 37.1 Å². The van der Waals surface area contributed by atoms with Crippen molar-refractivity contribution in [3.63, 3.8) is 0 Å². The van der Waals surface area contributed by atoms with Crippen molar-refractivity contribution >= 4 is 0 Å². The number of hydrogen-bond donors (Lipinski definition) is 1. The second kappa shape index (κ2) is 7.63. The average Bonchev–Trinajstić information content (AvgIpc) is 3.34. The first-order valence-electron chi connectivity index (χ1n) is 8.72. The molecule has 1 saturated heterocycles. The molecule has 4 rings (SSSR count). The molecule has 0 spiro atoms. The highest BCUT2D eigenvalue weighted by atomic mass is 16.5. The Morgan fingerprint density at radius 2 is 2.00 bits per heavy atom. The average molecular weight is 338 g/mol. The summed E-state index contributed by atoms with van der Waals surface area (Å²) in [4.78, 5) is 6.87. The van der Waals surface area contributed by atoms with Gasteiger partial charge >= 0.3 is 0 Å². The summed E-state index contributed by atoms with van der Waals surface area (Å²) in [5, 5.41) is 7.70. The number of nitrogens with zero attached hydrogens (tertiary/aromatic N) is 3. The summed E-state index contributed by atoms with van der Waals surface area (Å²) in [6.07, 6.45) is 5.76. The third-order valence-corrected chi connectivity index (χ3v) is 4.59. The maximum atomic E-state index is 5.33. The first-order valence-corrected chi connectivity index (χ1v) is 8.72. The second-order valence-corrected chi connectivity index (χ2v) is 6.41. The first-order chi connectivity index (χ1) is 12.4. The molecule has 6 heteroatoms. The molecule has 3 aromatic rings. The molecule has 1 aliphatic rings. The van der Waals surface area contributed by atoms with E-state index in [-0.39, 0.29) is 0 Å². The van der Waals surface area contributed by atoms with Crippen LogP contribution in [0.5, 0.6) is 0 Å². The summed E-state index contributed by atoms with van der Waals surface area (Å²) in [5.74, 6) is 1.38. The predicted molar refractivity (Wildman–Crippen MR) is 93.6 cm³/mol. The van der Waals surface area contributed by atoms with Crippen molar-refractivity contribution in [2.45, 2.75) is 32.0 Å². The van der Waals surface area contributed by atoms with Crippen molar-refractivity contribution in [2.24, 2.45) is 0 Å². The summed E-state index contributed by atoms with van der Waals surface area (Å²) in [5.41, 5.74) is 2.05. The number of rotatable bonds is 6. The standard InChI is InChI=1S/C19H22N4O2/c1-2-8-20-16(4-1)14-23-9-6-15(7-10-23)21-13-17-12-19(25-22-17)18-5-3-11-24-18/h1-5,8,11-12,15,21H,6-7,9-10,13-14H2. The molecule has 0 saturated carbocycles. The number of nitrogens with one attached hydrogen (secondary N) is 1. The molecule has 4 heterocycles. The lowest BCUT2D eigenvalue weighted by molar-refractivity contribution is 0.188. The molecule has 25 heavy (non-hydrogen) atoms. The summed E-state index contributed by atoms with van der Waals surface area (Å²) in [6.45, 7) is 3.83. The van der Waals surface area contributed by atoms with E-state index in [0.717, 1.165) is 50.4 Å². The van der Waals surface area contributed by atoms with Gasteiger partial charge < -0.3 is 14.3 Å². The SMILES string of the molecule is c1ccc(CN2CCC(NCc3cc(-c4ccco4)on3)CC2)nc1. The van der Waals surface area contributed by atoms with E-state index in [1.807, 2.05) is 36.5 Å². The fourth-order valence-electron chi connectivity index (χ4n) is 3.19. The largest absolute Gasteiger partial charge is 0.461 e. The van der Waals surface area contributed by atoms with Crippen LogP contribution in [0, 0.1) is 0 Å². The van der Waals surface area contributed by atoms with Crippen LogP contribution in [0.25, 0.3) is 11.5 Å². The van der Waals surface area contributed by atoms with E-state index in [1.165, 1.54) is 0 Å².